The Morgan fingerprint density at radius 3 is 2.46 bits per heavy atom. The second-order valence-corrected chi connectivity index (χ2v) is 11.0. The SMILES string of the molecule is CC(=NCCN1CCN(C)CC1)c1ccc(Nc2ccc3c(n2)N(C2CCCCC2)C(C#N)C(=O)N3C)cc1. The number of rotatable bonds is 7. The smallest absolute Gasteiger partial charge is 0.264 e. The van der Waals surface area contributed by atoms with E-state index in [1.165, 1.54) is 6.42 Å². The van der Waals surface area contributed by atoms with Gasteiger partial charge in [0.15, 0.2) is 11.9 Å². The molecule has 206 valence electrons. The number of hydrogen-bond acceptors (Lipinski definition) is 8. The Balaban J connectivity index is 1.28. The van der Waals surface area contributed by atoms with Gasteiger partial charge in [-0.05, 0) is 56.6 Å². The molecule has 2 aromatic rings. The van der Waals surface area contributed by atoms with Crippen LogP contribution in [0.4, 0.5) is 23.0 Å². The lowest BCUT2D eigenvalue weighted by atomic mass is 9.92. The highest BCUT2D eigenvalue weighted by atomic mass is 16.2. The van der Waals surface area contributed by atoms with Gasteiger partial charge in [0, 0.05) is 57.2 Å². The van der Waals surface area contributed by atoms with Gasteiger partial charge >= 0.3 is 0 Å². The first-order chi connectivity index (χ1) is 18.9. The molecule has 9 heteroatoms. The lowest BCUT2D eigenvalue weighted by Gasteiger charge is -2.43. The lowest BCUT2D eigenvalue weighted by Crippen LogP contribution is -2.56. The Morgan fingerprint density at radius 1 is 1.05 bits per heavy atom. The van der Waals surface area contributed by atoms with Crippen LogP contribution in [-0.2, 0) is 4.79 Å². The molecule has 1 atom stereocenters. The van der Waals surface area contributed by atoms with Crippen molar-refractivity contribution < 1.29 is 4.79 Å². The number of pyridine rings is 1. The van der Waals surface area contributed by atoms with Gasteiger partial charge in [-0.2, -0.15) is 5.26 Å². The minimum absolute atomic E-state index is 0.153. The third-order valence-electron chi connectivity index (χ3n) is 8.33. The van der Waals surface area contributed by atoms with Crippen LogP contribution in [0.15, 0.2) is 41.4 Å². The van der Waals surface area contributed by atoms with E-state index in [1.807, 2.05) is 29.2 Å². The van der Waals surface area contributed by atoms with Gasteiger partial charge in [-0.25, -0.2) is 4.98 Å². The van der Waals surface area contributed by atoms with Gasteiger partial charge in [0.25, 0.3) is 5.91 Å². The fourth-order valence-corrected chi connectivity index (χ4v) is 5.83. The molecule has 2 fully saturated rings. The molecular weight excluding hydrogens is 488 g/mol. The summed E-state index contributed by atoms with van der Waals surface area (Å²) >= 11 is 0. The normalized spacial score (nSPS) is 21.5. The predicted octanol–water partition coefficient (Wildman–Crippen LogP) is 3.89. The molecule has 0 spiro atoms. The van der Waals surface area contributed by atoms with Crippen LogP contribution in [0.2, 0.25) is 0 Å². The van der Waals surface area contributed by atoms with E-state index >= 15 is 0 Å². The molecule has 1 saturated carbocycles. The number of aromatic nitrogens is 1. The van der Waals surface area contributed by atoms with E-state index in [0.29, 0.717) is 11.6 Å². The number of amides is 1. The Hall–Kier alpha value is -3.48. The van der Waals surface area contributed by atoms with Gasteiger partial charge in [-0.1, -0.05) is 31.4 Å². The number of carbonyl (C=O) groups is 1. The van der Waals surface area contributed by atoms with Crippen LogP contribution in [0.3, 0.4) is 0 Å². The number of nitrogens with one attached hydrogen (secondary N) is 1. The first-order valence-corrected chi connectivity index (χ1v) is 14.2. The summed E-state index contributed by atoms with van der Waals surface area (Å²) in [4.78, 5) is 31.1. The van der Waals surface area contributed by atoms with Gasteiger partial charge in [-0.15, -0.1) is 0 Å². The summed E-state index contributed by atoms with van der Waals surface area (Å²) in [6, 6.07) is 13.6. The minimum Gasteiger partial charge on any atom is -0.340 e. The number of piperazine rings is 1. The Morgan fingerprint density at radius 2 is 1.77 bits per heavy atom. The topological polar surface area (TPSA) is 91.1 Å². The van der Waals surface area contributed by atoms with Crippen molar-refractivity contribution in [2.75, 3.05) is 68.5 Å². The van der Waals surface area contributed by atoms with Gasteiger partial charge in [0.2, 0.25) is 0 Å². The molecule has 5 rings (SSSR count). The second-order valence-electron chi connectivity index (χ2n) is 11.0. The number of benzene rings is 1. The van der Waals surface area contributed by atoms with Crippen molar-refractivity contribution in [2.45, 2.75) is 51.1 Å². The van der Waals surface area contributed by atoms with Crippen molar-refractivity contribution in [3.05, 3.63) is 42.0 Å². The number of fused-ring (bicyclic) bond motifs is 1. The van der Waals surface area contributed by atoms with Gasteiger partial charge in [0.05, 0.1) is 18.3 Å². The fourth-order valence-electron chi connectivity index (χ4n) is 5.83. The molecule has 1 N–H and O–H groups in total. The second kappa shape index (κ2) is 12.1. The molecule has 1 amide bonds. The summed E-state index contributed by atoms with van der Waals surface area (Å²) in [5.41, 5.74) is 3.83. The van der Waals surface area contributed by atoms with Gasteiger partial charge in [-0.3, -0.25) is 14.7 Å². The van der Waals surface area contributed by atoms with Crippen LogP contribution in [0.5, 0.6) is 0 Å². The molecule has 1 saturated heterocycles. The summed E-state index contributed by atoms with van der Waals surface area (Å²) in [6.07, 6.45) is 5.38. The molecule has 1 aliphatic carbocycles. The monoisotopic (exact) mass is 528 g/mol. The van der Waals surface area contributed by atoms with Gasteiger partial charge < -0.3 is 20.0 Å². The zero-order valence-corrected chi connectivity index (χ0v) is 23.4. The Bertz CT molecular complexity index is 1220. The summed E-state index contributed by atoms with van der Waals surface area (Å²) in [7, 11) is 3.91. The number of nitrogens with zero attached hydrogens (tertiary/aromatic N) is 7. The van der Waals surface area contributed by atoms with E-state index in [0.717, 1.165) is 87.6 Å². The summed E-state index contributed by atoms with van der Waals surface area (Å²) in [5, 5.41) is 13.3. The van der Waals surface area contributed by atoms with Crippen LogP contribution >= 0.6 is 0 Å². The first kappa shape index (κ1) is 27.1. The highest BCUT2D eigenvalue weighted by Crippen LogP contribution is 2.39. The number of likely N-dealkylation sites (N-methyl/N-ethyl adjacent to an activating group) is 2. The maximum Gasteiger partial charge on any atom is 0.264 e. The quantitative estimate of drug-likeness (QED) is 0.545. The van der Waals surface area contributed by atoms with E-state index in [-0.39, 0.29) is 11.9 Å². The summed E-state index contributed by atoms with van der Waals surface area (Å²) < 4.78 is 0. The minimum atomic E-state index is -0.842. The van der Waals surface area contributed by atoms with Crippen molar-refractivity contribution >= 4 is 34.6 Å². The van der Waals surface area contributed by atoms with Crippen LogP contribution in [0.25, 0.3) is 0 Å². The molecule has 2 aliphatic heterocycles. The molecule has 1 aromatic carbocycles. The molecule has 1 aromatic heterocycles. The van der Waals surface area contributed by atoms with Crippen molar-refractivity contribution in [1.29, 1.82) is 5.26 Å². The van der Waals surface area contributed by atoms with Crippen LogP contribution in [-0.4, -0.2) is 91.9 Å². The summed E-state index contributed by atoms with van der Waals surface area (Å²) in [5.74, 6) is 1.22. The molecule has 3 aliphatic rings. The zero-order chi connectivity index (χ0) is 27.4. The average molecular weight is 529 g/mol. The molecule has 3 heterocycles. The number of aliphatic imine (C=N–C) groups is 1. The predicted molar refractivity (Wildman–Crippen MR) is 157 cm³/mol. The lowest BCUT2D eigenvalue weighted by molar-refractivity contribution is -0.118. The Kier molecular flexibility index (Phi) is 8.44. The third kappa shape index (κ3) is 6.07. The van der Waals surface area contributed by atoms with Crippen LogP contribution < -0.4 is 15.1 Å². The van der Waals surface area contributed by atoms with Crippen molar-refractivity contribution in [3.63, 3.8) is 0 Å². The Labute approximate surface area is 232 Å². The molecular formula is C30H40N8O. The third-order valence-corrected chi connectivity index (χ3v) is 8.33. The number of anilines is 4. The highest BCUT2D eigenvalue weighted by molar-refractivity contribution is 6.06. The van der Waals surface area contributed by atoms with Crippen LogP contribution in [0.1, 0.15) is 44.6 Å². The maximum absolute atomic E-state index is 13.0. The van der Waals surface area contributed by atoms with Crippen LogP contribution in [0, 0.1) is 11.3 Å². The largest absolute Gasteiger partial charge is 0.340 e. The van der Waals surface area contributed by atoms with E-state index < -0.39 is 6.04 Å². The van der Waals surface area contributed by atoms with Crippen molar-refractivity contribution in [2.24, 2.45) is 4.99 Å². The standard InChI is InChI=1S/C30H40N8O/c1-22(32-15-16-37-19-17-35(2)18-20-37)23-9-11-24(12-10-23)33-28-14-13-26-29(34-28)38(25-7-5-4-6-8-25)27(21-31)30(39)36(26)3/h9-14,25,27H,4-8,15-20H2,1-3H3,(H,33,34). The maximum atomic E-state index is 13.0. The molecule has 39 heavy (non-hydrogen) atoms. The first-order valence-electron chi connectivity index (χ1n) is 14.2. The van der Waals surface area contributed by atoms with E-state index in [4.69, 9.17) is 9.98 Å². The zero-order valence-electron chi connectivity index (χ0n) is 23.4. The van der Waals surface area contributed by atoms with E-state index in [2.05, 4.69) is 47.3 Å². The van der Waals surface area contributed by atoms with E-state index in [1.54, 1.807) is 11.9 Å². The van der Waals surface area contributed by atoms with Crippen molar-refractivity contribution in [3.8, 4) is 6.07 Å². The molecule has 0 radical (unpaired) electrons. The van der Waals surface area contributed by atoms with Gasteiger partial charge in [0.1, 0.15) is 5.82 Å². The fraction of sp³-hybridized carbons (Fsp3) is 0.533. The molecule has 0 bridgehead atoms. The summed E-state index contributed by atoms with van der Waals surface area (Å²) in [6.45, 7) is 8.37. The van der Waals surface area contributed by atoms with E-state index in [9.17, 15) is 10.1 Å². The highest BCUT2D eigenvalue weighted by Gasteiger charge is 2.41. The molecule has 1 unspecified atom stereocenters. The molecule has 9 nitrogen and oxygen atoms in total. The number of nitriles is 1. The number of carbonyl (C=O) groups excluding carboxylic acids is 1. The average Bonchev–Trinajstić information content (AvgIpc) is 2.96. The number of hydrogen-bond donors (Lipinski definition) is 1. The van der Waals surface area contributed by atoms with Crippen molar-refractivity contribution in [1.82, 2.24) is 14.8 Å².